The Kier molecular flexibility index (Phi) is 46.2. The van der Waals surface area contributed by atoms with E-state index in [0.29, 0.717) is 57.3 Å². The average molecular weight is 1120 g/mol. The van der Waals surface area contributed by atoms with Crippen molar-refractivity contribution in [2.75, 3.05) is 57.3 Å². The number of hydrogen-bond acceptors (Lipinski definition) is 12. The molecule has 11 nitrogen and oxygen atoms in total. The minimum Gasteiger partial charge on any atom is -0.565 e. The van der Waals surface area contributed by atoms with Crippen molar-refractivity contribution in [3.05, 3.63) is 26.4 Å². The Hall–Kier alpha value is 4.74. The van der Waals surface area contributed by atoms with Gasteiger partial charge >= 0.3 is 0 Å². The monoisotopic (exact) mass is 1120 g/mol. The fourth-order valence-electron chi connectivity index (χ4n) is 3.73. The number of aliphatic hydroxyl groups excluding tert-OH is 4. The molecule has 1 rings (SSSR count). The minimum absolute atomic E-state index is 0. The SMILES string of the molecule is O=C(CC1CNC(CC(=O)SCCCCN(C[CH-]O)C[CH-]O)C(=O)N1)SCCCCN(C[CH-]O)C[CH-]O.[Ce].[Ce].[Ce].[Ce]. The van der Waals surface area contributed by atoms with Gasteiger partial charge < -0.3 is 40.9 Å². The maximum absolute atomic E-state index is 12.4. The molecule has 6 N–H and O–H groups in total. The van der Waals surface area contributed by atoms with E-state index >= 15 is 0 Å². The largest absolute Gasteiger partial charge is 0.565 e. The van der Waals surface area contributed by atoms with Crippen molar-refractivity contribution in [3.63, 3.8) is 0 Å². The maximum atomic E-state index is 12.4. The zero-order valence-corrected chi connectivity index (χ0v) is 37.5. The number of nitrogens with zero attached hydrogens (tertiary/aromatic N) is 2. The Morgan fingerprint density at radius 2 is 1.15 bits per heavy atom. The number of thioether (sulfide) groups is 2. The molecule has 0 spiro atoms. The molecule has 0 aromatic carbocycles. The number of unbranched alkanes of at least 4 members (excludes halogenated alkanes) is 2. The third-order valence-electron chi connectivity index (χ3n) is 5.68. The molecule has 0 bridgehead atoms. The fourth-order valence-corrected chi connectivity index (χ4v) is 5.48. The molecule has 1 fully saturated rings. The summed E-state index contributed by atoms with van der Waals surface area (Å²) in [6, 6.07) is -0.887. The van der Waals surface area contributed by atoms with Crippen LogP contribution in [0.15, 0.2) is 0 Å². The molecule has 2 unspecified atom stereocenters. The Bertz CT molecular complexity index is 655. The second-order valence-corrected chi connectivity index (χ2v) is 11.0. The van der Waals surface area contributed by atoms with Crippen LogP contribution in [0.2, 0.25) is 0 Å². The number of amides is 1. The Balaban J connectivity index is -0.00000171. The van der Waals surface area contributed by atoms with E-state index in [1.165, 1.54) is 23.5 Å². The van der Waals surface area contributed by atoms with Crippen molar-refractivity contribution in [1.82, 2.24) is 20.4 Å². The molecular weight excluding hydrogens is 1080 g/mol. The zero-order valence-electron chi connectivity index (χ0n) is 23.3. The second kappa shape index (κ2) is 36.0. The van der Waals surface area contributed by atoms with E-state index in [2.05, 4.69) is 10.6 Å². The van der Waals surface area contributed by atoms with Crippen LogP contribution in [-0.4, -0.2) is 116 Å². The first kappa shape index (κ1) is 52.5. The van der Waals surface area contributed by atoms with E-state index in [0.717, 1.165) is 52.1 Å². The topological polar surface area (TPSA) is 163 Å². The van der Waals surface area contributed by atoms with E-state index < -0.39 is 6.04 Å². The second-order valence-electron chi connectivity index (χ2n) is 8.68. The summed E-state index contributed by atoms with van der Waals surface area (Å²) in [5.41, 5.74) is 0. The van der Waals surface area contributed by atoms with Crippen LogP contribution in [0, 0.1) is 193 Å². The van der Waals surface area contributed by atoms with Gasteiger partial charge in [0, 0.05) is 204 Å². The van der Waals surface area contributed by atoms with Crippen LogP contribution >= 0.6 is 23.5 Å². The standard InChI is InChI=1S/C24H42N4O7S2.4Ce/c29-11-7-27(8-12-30)5-1-3-15-36-22(33)17-20-19-25-21(24(35)26-20)18-23(34)37-16-4-2-6-28(9-13-31)10-14-32;;;;/h11-14,20-21,25,29-32H,1-10,15-19H2,(H,26,35);;;;/q-4;;;;. The van der Waals surface area contributed by atoms with Gasteiger partial charge in [0.2, 0.25) is 5.91 Å². The van der Waals surface area contributed by atoms with Crippen molar-refractivity contribution >= 4 is 39.7 Å². The van der Waals surface area contributed by atoms with Crippen LogP contribution in [-0.2, 0) is 14.4 Å². The van der Waals surface area contributed by atoms with Crippen LogP contribution in [0.3, 0.4) is 0 Å². The van der Waals surface area contributed by atoms with Gasteiger partial charge in [-0.2, -0.15) is 0 Å². The number of rotatable bonds is 22. The Labute approximate surface area is 388 Å². The first-order chi connectivity index (χ1) is 17.9. The number of carbonyl (C=O) groups excluding carboxylic acids is 3. The summed E-state index contributed by atoms with van der Waals surface area (Å²) >= 11 is 2.44. The number of aliphatic hydroxyl groups is 4. The Morgan fingerprint density at radius 1 is 0.732 bits per heavy atom. The third-order valence-corrected chi connectivity index (χ3v) is 7.64. The summed E-state index contributed by atoms with van der Waals surface area (Å²) in [4.78, 5) is 40.7. The predicted octanol–water partition coefficient (Wildman–Crippen LogP) is 1.04. The molecule has 0 radical (unpaired) electrons. The molecule has 1 aliphatic rings. The molecule has 0 aromatic rings. The third kappa shape index (κ3) is 28.3. The van der Waals surface area contributed by atoms with Crippen molar-refractivity contribution in [2.24, 2.45) is 0 Å². The molecule has 232 valence electrons. The van der Waals surface area contributed by atoms with Gasteiger partial charge in [-0.1, -0.05) is 23.5 Å². The van der Waals surface area contributed by atoms with Gasteiger partial charge in [-0.3, -0.25) is 14.4 Å². The molecular formula is C24H42Ce4N4O7S2-4. The van der Waals surface area contributed by atoms with Crippen molar-refractivity contribution in [3.8, 4) is 0 Å². The zero-order chi connectivity index (χ0) is 27.3. The first-order valence-corrected chi connectivity index (χ1v) is 14.5. The van der Waals surface area contributed by atoms with Crippen LogP contribution in [0.5, 0.6) is 0 Å². The van der Waals surface area contributed by atoms with E-state index in [1.807, 2.05) is 9.80 Å². The molecule has 41 heavy (non-hydrogen) atoms. The van der Waals surface area contributed by atoms with Gasteiger partial charge in [0.15, 0.2) is 10.2 Å². The molecule has 2 atom stereocenters. The van der Waals surface area contributed by atoms with Gasteiger partial charge in [-0.25, -0.2) is 26.4 Å². The Morgan fingerprint density at radius 3 is 1.54 bits per heavy atom. The summed E-state index contributed by atoms with van der Waals surface area (Å²) in [5.74, 6) is 1.04. The molecule has 1 aliphatic heterocycles. The molecule has 1 heterocycles. The minimum atomic E-state index is -0.593. The van der Waals surface area contributed by atoms with Gasteiger partial charge in [-0.05, 0) is 38.8 Å². The number of nitrogens with one attached hydrogen (secondary N) is 2. The van der Waals surface area contributed by atoms with E-state index in [9.17, 15) is 14.4 Å². The quantitative estimate of drug-likeness (QED) is 0.0677. The number of carbonyl (C=O) groups is 3. The van der Waals surface area contributed by atoms with E-state index in [1.54, 1.807) is 0 Å². The van der Waals surface area contributed by atoms with Crippen molar-refractivity contribution in [2.45, 2.75) is 50.6 Å². The van der Waals surface area contributed by atoms with Crippen LogP contribution in [0.25, 0.3) is 0 Å². The molecule has 1 amide bonds. The van der Waals surface area contributed by atoms with Crippen LogP contribution in [0.4, 0.5) is 0 Å². The van der Waals surface area contributed by atoms with E-state index in [4.69, 9.17) is 20.4 Å². The summed E-state index contributed by atoms with van der Waals surface area (Å²) in [5, 5.41) is 41.4. The number of piperazine rings is 1. The fraction of sp³-hybridized carbons (Fsp3) is 0.708. The molecule has 0 aliphatic carbocycles. The van der Waals surface area contributed by atoms with Crippen molar-refractivity contribution in [1.29, 1.82) is 0 Å². The average Bonchev–Trinajstić information content (AvgIpc) is 2.85. The van der Waals surface area contributed by atoms with Gasteiger partial charge in [0.05, 0.1) is 6.04 Å². The molecule has 1 saturated heterocycles. The summed E-state index contributed by atoms with van der Waals surface area (Å²) in [7, 11) is 0. The summed E-state index contributed by atoms with van der Waals surface area (Å²) < 4.78 is 0. The maximum Gasteiger partial charge on any atom is 0.237 e. The van der Waals surface area contributed by atoms with Gasteiger partial charge in [0.1, 0.15) is 0 Å². The molecule has 0 aromatic heterocycles. The van der Waals surface area contributed by atoms with Gasteiger partial charge in [-0.15, -0.1) is 26.2 Å². The summed E-state index contributed by atoms with van der Waals surface area (Å²) in [6.07, 6.45) is 3.60. The smallest absolute Gasteiger partial charge is 0.237 e. The predicted molar refractivity (Wildman–Crippen MR) is 144 cm³/mol. The van der Waals surface area contributed by atoms with Crippen molar-refractivity contribution < 1.29 is 202 Å². The van der Waals surface area contributed by atoms with Crippen LogP contribution in [0.1, 0.15) is 38.5 Å². The number of hydrogen-bond donors (Lipinski definition) is 6. The first-order valence-electron chi connectivity index (χ1n) is 12.6. The molecule has 17 heteroatoms. The normalized spacial score (nSPS) is 16.2. The molecule has 0 saturated carbocycles. The van der Waals surface area contributed by atoms with Gasteiger partial charge in [0.25, 0.3) is 0 Å². The summed E-state index contributed by atoms with van der Waals surface area (Å²) in [6.45, 7) is 7.49. The van der Waals surface area contributed by atoms with Crippen LogP contribution < -0.4 is 10.6 Å². The van der Waals surface area contributed by atoms with E-state index in [-0.39, 0.29) is 202 Å².